The van der Waals surface area contributed by atoms with Crippen LogP contribution in [0.1, 0.15) is 42.5 Å². The van der Waals surface area contributed by atoms with Gasteiger partial charge in [0.05, 0.1) is 23.2 Å². The van der Waals surface area contributed by atoms with Crippen molar-refractivity contribution in [2.75, 3.05) is 11.5 Å². The van der Waals surface area contributed by atoms with Crippen LogP contribution in [0.4, 0.5) is 0 Å². The first-order valence-electron chi connectivity index (χ1n) is 9.94. The van der Waals surface area contributed by atoms with Crippen LogP contribution in [-0.4, -0.2) is 52.4 Å². The summed E-state index contributed by atoms with van der Waals surface area (Å²) < 4.78 is 25.2. The van der Waals surface area contributed by atoms with Crippen molar-refractivity contribution in [3.8, 4) is 0 Å². The topological polar surface area (TPSA) is 89.3 Å². The van der Waals surface area contributed by atoms with Crippen molar-refractivity contribution < 1.29 is 13.2 Å². The maximum atomic E-state index is 13.1. The third-order valence-corrected chi connectivity index (χ3v) is 9.03. The van der Waals surface area contributed by atoms with Gasteiger partial charge in [0.15, 0.2) is 9.84 Å². The van der Waals surface area contributed by atoms with Gasteiger partial charge in [-0.2, -0.15) is 0 Å². The summed E-state index contributed by atoms with van der Waals surface area (Å²) in [6.45, 7) is -0.0700. The molecule has 2 aliphatic carbocycles. The van der Waals surface area contributed by atoms with E-state index in [1.807, 2.05) is 0 Å². The van der Waals surface area contributed by atoms with Gasteiger partial charge in [-0.3, -0.25) is 14.2 Å². The molecule has 1 amide bonds. The molecule has 3 aliphatic rings. The van der Waals surface area contributed by atoms with E-state index in [0.29, 0.717) is 11.8 Å². The predicted molar refractivity (Wildman–Crippen MR) is 107 cm³/mol. The first kappa shape index (κ1) is 18.3. The number of fused-ring (bicyclic) bond motifs is 3. The smallest absolute Gasteiger partial charge is 0.262 e. The SMILES string of the molecule is O=C(Cn1cnc2sc3c(c2c1=O)CCCC3)N(C1CC1)[C@@H]1CCS(=O)(=O)C1. The van der Waals surface area contributed by atoms with Crippen molar-refractivity contribution in [1.82, 2.24) is 14.5 Å². The molecule has 1 saturated heterocycles. The third-order valence-electron chi connectivity index (χ3n) is 6.08. The lowest BCUT2D eigenvalue weighted by Gasteiger charge is -2.28. The van der Waals surface area contributed by atoms with Gasteiger partial charge in [0, 0.05) is 17.0 Å². The normalized spacial score (nSPS) is 23.6. The van der Waals surface area contributed by atoms with Gasteiger partial charge in [-0.1, -0.05) is 0 Å². The molecule has 5 rings (SSSR count). The Morgan fingerprint density at radius 2 is 2.00 bits per heavy atom. The number of aryl methyl sites for hydroxylation is 2. The number of rotatable bonds is 4. The first-order valence-corrected chi connectivity index (χ1v) is 12.6. The van der Waals surface area contributed by atoms with Crippen LogP contribution < -0.4 is 5.56 Å². The summed E-state index contributed by atoms with van der Waals surface area (Å²) in [6.07, 6.45) is 7.92. The number of sulfone groups is 1. The summed E-state index contributed by atoms with van der Waals surface area (Å²) in [4.78, 5) is 34.4. The standard InChI is InChI=1S/C19H23N3O4S2/c23-16(22(12-5-6-12)13-7-8-28(25,26)10-13)9-21-11-20-18-17(19(21)24)14-3-1-2-4-15(14)27-18/h11-13H,1-10H2/t13-/m1/s1. The van der Waals surface area contributed by atoms with E-state index in [1.54, 1.807) is 16.2 Å². The number of aromatic nitrogens is 2. The number of amides is 1. The van der Waals surface area contributed by atoms with Crippen LogP contribution in [0.3, 0.4) is 0 Å². The van der Waals surface area contributed by atoms with Crippen molar-refractivity contribution in [2.45, 2.75) is 63.6 Å². The molecule has 1 saturated carbocycles. The van der Waals surface area contributed by atoms with E-state index in [-0.39, 0.29) is 41.6 Å². The van der Waals surface area contributed by atoms with Gasteiger partial charge in [-0.05, 0) is 50.5 Å². The van der Waals surface area contributed by atoms with Gasteiger partial charge in [0.2, 0.25) is 5.91 Å². The first-order chi connectivity index (χ1) is 13.4. The number of carbonyl (C=O) groups excluding carboxylic acids is 1. The van der Waals surface area contributed by atoms with Crippen molar-refractivity contribution >= 4 is 37.3 Å². The second kappa shape index (κ2) is 6.66. The molecule has 2 aromatic heterocycles. The second-order valence-corrected chi connectivity index (χ2v) is 11.5. The molecular formula is C19H23N3O4S2. The third kappa shape index (κ3) is 3.18. The summed E-state index contributed by atoms with van der Waals surface area (Å²) in [7, 11) is -3.07. The van der Waals surface area contributed by atoms with Crippen LogP contribution in [0.25, 0.3) is 10.2 Å². The minimum Gasteiger partial charge on any atom is -0.334 e. The molecule has 2 aromatic rings. The molecule has 0 N–H and O–H groups in total. The monoisotopic (exact) mass is 421 g/mol. The minimum absolute atomic E-state index is 0.0411. The Labute approximate surface area is 167 Å². The lowest BCUT2D eigenvalue weighted by atomic mass is 9.97. The van der Waals surface area contributed by atoms with Gasteiger partial charge in [-0.15, -0.1) is 11.3 Å². The lowest BCUT2D eigenvalue weighted by molar-refractivity contribution is -0.134. The molecule has 1 aliphatic heterocycles. The Morgan fingerprint density at radius 1 is 1.21 bits per heavy atom. The van der Waals surface area contributed by atoms with Crippen molar-refractivity contribution in [3.05, 3.63) is 27.1 Å². The van der Waals surface area contributed by atoms with E-state index in [1.165, 1.54) is 15.8 Å². The van der Waals surface area contributed by atoms with E-state index in [9.17, 15) is 18.0 Å². The highest BCUT2D eigenvalue weighted by atomic mass is 32.2. The van der Waals surface area contributed by atoms with E-state index in [4.69, 9.17) is 0 Å². The second-order valence-electron chi connectivity index (χ2n) is 8.16. The zero-order chi connectivity index (χ0) is 19.5. The summed E-state index contributed by atoms with van der Waals surface area (Å²) in [5, 5.41) is 0.677. The van der Waals surface area contributed by atoms with Crippen molar-refractivity contribution in [2.24, 2.45) is 0 Å². The van der Waals surface area contributed by atoms with Crippen LogP contribution in [0.15, 0.2) is 11.1 Å². The Hall–Kier alpha value is -1.74. The molecule has 150 valence electrons. The Balaban J connectivity index is 1.45. The average Bonchev–Trinajstić information content (AvgIpc) is 3.31. The zero-order valence-corrected chi connectivity index (χ0v) is 17.2. The minimum atomic E-state index is -3.07. The molecule has 0 spiro atoms. The number of hydrogen-bond donors (Lipinski definition) is 0. The van der Waals surface area contributed by atoms with Crippen LogP contribution in [-0.2, 0) is 34.0 Å². The zero-order valence-electron chi connectivity index (χ0n) is 15.6. The molecular weight excluding hydrogens is 398 g/mol. The number of thiophene rings is 1. The van der Waals surface area contributed by atoms with Crippen LogP contribution >= 0.6 is 11.3 Å². The number of nitrogens with zero attached hydrogens (tertiary/aromatic N) is 3. The summed E-state index contributed by atoms with van der Waals surface area (Å²) in [6, 6.07) is -0.140. The molecule has 0 unspecified atom stereocenters. The highest BCUT2D eigenvalue weighted by Gasteiger charge is 2.42. The highest BCUT2D eigenvalue weighted by molar-refractivity contribution is 7.91. The summed E-state index contributed by atoms with van der Waals surface area (Å²) in [5.41, 5.74) is 0.971. The Kier molecular flexibility index (Phi) is 4.35. The highest BCUT2D eigenvalue weighted by Crippen LogP contribution is 2.34. The molecule has 28 heavy (non-hydrogen) atoms. The van der Waals surface area contributed by atoms with Gasteiger partial charge < -0.3 is 4.90 Å². The van der Waals surface area contributed by atoms with Crippen LogP contribution in [0.2, 0.25) is 0 Å². The molecule has 0 radical (unpaired) electrons. The molecule has 7 nitrogen and oxygen atoms in total. The molecule has 0 bridgehead atoms. The number of hydrogen-bond acceptors (Lipinski definition) is 6. The molecule has 2 fully saturated rings. The van der Waals surface area contributed by atoms with Crippen molar-refractivity contribution in [1.29, 1.82) is 0 Å². The van der Waals surface area contributed by atoms with Crippen molar-refractivity contribution in [3.63, 3.8) is 0 Å². The van der Waals surface area contributed by atoms with E-state index in [0.717, 1.165) is 48.9 Å². The van der Waals surface area contributed by atoms with Gasteiger partial charge in [0.1, 0.15) is 11.4 Å². The molecule has 3 heterocycles. The summed E-state index contributed by atoms with van der Waals surface area (Å²) >= 11 is 1.60. The number of carbonyl (C=O) groups is 1. The fraction of sp³-hybridized carbons (Fsp3) is 0.632. The van der Waals surface area contributed by atoms with E-state index < -0.39 is 9.84 Å². The Morgan fingerprint density at radius 3 is 2.71 bits per heavy atom. The van der Waals surface area contributed by atoms with Gasteiger partial charge >= 0.3 is 0 Å². The van der Waals surface area contributed by atoms with E-state index in [2.05, 4.69) is 4.98 Å². The van der Waals surface area contributed by atoms with Gasteiger partial charge in [-0.25, -0.2) is 13.4 Å². The average molecular weight is 422 g/mol. The fourth-order valence-corrected chi connectivity index (χ4v) is 7.50. The summed E-state index contributed by atoms with van der Waals surface area (Å²) in [5.74, 6) is 0.0132. The van der Waals surface area contributed by atoms with Crippen LogP contribution in [0.5, 0.6) is 0 Å². The quantitative estimate of drug-likeness (QED) is 0.747. The Bertz CT molecular complexity index is 1110. The predicted octanol–water partition coefficient (Wildman–Crippen LogP) is 1.51. The van der Waals surface area contributed by atoms with Gasteiger partial charge in [0.25, 0.3) is 5.56 Å². The fourth-order valence-electron chi connectivity index (χ4n) is 4.57. The largest absolute Gasteiger partial charge is 0.334 e. The maximum Gasteiger partial charge on any atom is 0.262 e. The van der Waals surface area contributed by atoms with E-state index >= 15 is 0 Å². The maximum absolute atomic E-state index is 13.1. The van der Waals surface area contributed by atoms with Crippen LogP contribution in [0, 0.1) is 0 Å². The molecule has 1 atom stereocenters. The molecule has 0 aromatic carbocycles. The lowest BCUT2D eigenvalue weighted by Crippen LogP contribution is -2.45. The molecule has 9 heteroatoms.